The molecule has 2 unspecified atom stereocenters. The van der Waals surface area contributed by atoms with Gasteiger partial charge in [-0.15, -0.1) is 0 Å². The number of hydrogen-bond donors (Lipinski definition) is 1. The topological polar surface area (TPSA) is 29.1 Å². The van der Waals surface area contributed by atoms with Gasteiger partial charge in [0.1, 0.15) is 11.0 Å². The molecule has 3 heteroatoms. The Bertz CT molecular complexity index is 722. The minimum atomic E-state index is -1.24. The molecule has 0 radical (unpaired) electrons. The lowest BCUT2D eigenvalue weighted by Gasteiger charge is -2.17. The zero-order valence-electron chi connectivity index (χ0n) is 16.9. The minimum absolute atomic E-state index is 0.0468. The zero-order valence-corrected chi connectivity index (χ0v) is 17.7. The van der Waals surface area contributed by atoms with Gasteiger partial charge in [0.05, 0.1) is 10.9 Å². The van der Waals surface area contributed by atoms with E-state index >= 15 is 0 Å². The maximum Gasteiger partial charge on any atom is 0.125 e. The third-order valence-electron chi connectivity index (χ3n) is 4.84. The molecule has 146 valence electrons. The van der Waals surface area contributed by atoms with Crippen LogP contribution in [-0.4, -0.2) is 4.21 Å². The van der Waals surface area contributed by atoms with Crippen LogP contribution in [0.5, 0.6) is 0 Å². The summed E-state index contributed by atoms with van der Waals surface area (Å²) in [5.41, 5.74) is 3.77. The van der Waals surface area contributed by atoms with E-state index in [9.17, 15) is 4.21 Å². The van der Waals surface area contributed by atoms with Gasteiger partial charge in [-0.2, -0.15) is 0 Å². The third kappa shape index (κ3) is 7.43. The molecule has 0 aliphatic carbocycles. The molecule has 0 heterocycles. The summed E-state index contributed by atoms with van der Waals surface area (Å²) in [6.45, 7) is 6.50. The summed E-state index contributed by atoms with van der Waals surface area (Å²) in [5.74, 6) is 0. The van der Waals surface area contributed by atoms with Crippen molar-refractivity contribution in [1.82, 2.24) is 4.72 Å². The first kappa shape index (κ1) is 21.6. The van der Waals surface area contributed by atoms with Crippen molar-refractivity contribution in [2.24, 2.45) is 0 Å². The maximum absolute atomic E-state index is 12.9. The van der Waals surface area contributed by atoms with Gasteiger partial charge in [0, 0.05) is 0 Å². The second-order valence-corrected chi connectivity index (χ2v) is 8.32. The SMILES string of the molecule is CCCCCC/C(=C/C(NS(=O)c1ccc(C)cc1)c1ccccc1)CC. The first-order valence-corrected chi connectivity index (χ1v) is 11.3. The van der Waals surface area contributed by atoms with E-state index in [1.165, 1.54) is 36.8 Å². The first-order valence-electron chi connectivity index (χ1n) is 10.1. The Morgan fingerprint density at radius 2 is 1.70 bits per heavy atom. The summed E-state index contributed by atoms with van der Waals surface area (Å²) in [6, 6.07) is 18.2. The molecule has 2 aromatic rings. The molecule has 0 fully saturated rings. The number of hydrogen-bond acceptors (Lipinski definition) is 1. The van der Waals surface area contributed by atoms with Crippen molar-refractivity contribution >= 4 is 11.0 Å². The van der Waals surface area contributed by atoms with E-state index in [0.29, 0.717) is 0 Å². The number of benzene rings is 2. The highest BCUT2D eigenvalue weighted by Gasteiger charge is 2.14. The summed E-state index contributed by atoms with van der Waals surface area (Å²) in [4.78, 5) is 0.816. The molecule has 27 heavy (non-hydrogen) atoms. The van der Waals surface area contributed by atoms with Crippen molar-refractivity contribution < 1.29 is 4.21 Å². The van der Waals surface area contributed by atoms with Gasteiger partial charge in [-0.05, 0) is 43.9 Å². The van der Waals surface area contributed by atoms with E-state index < -0.39 is 11.0 Å². The van der Waals surface area contributed by atoms with Crippen LogP contribution in [0.2, 0.25) is 0 Å². The molecule has 0 spiro atoms. The fourth-order valence-electron chi connectivity index (χ4n) is 3.10. The standard InChI is InChI=1S/C24H33NOS/c1-4-6-7-9-12-21(5-2)19-24(22-13-10-8-11-14-22)25-27(26)23-17-15-20(3)16-18-23/h8,10-11,13-19,24-25H,4-7,9,12H2,1-3H3/b21-19+. The molecule has 0 saturated heterocycles. The highest BCUT2D eigenvalue weighted by molar-refractivity contribution is 7.83. The number of allylic oxidation sites excluding steroid dienone is 1. The normalized spacial score (nSPS) is 14.1. The molecule has 0 amide bonds. The Morgan fingerprint density at radius 3 is 2.33 bits per heavy atom. The van der Waals surface area contributed by atoms with E-state index in [0.717, 1.165) is 23.3 Å². The van der Waals surface area contributed by atoms with Crippen LogP contribution in [0, 0.1) is 6.92 Å². The molecule has 0 bridgehead atoms. The van der Waals surface area contributed by atoms with Crippen LogP contribution in [-0.2, 0) is 11.0 Å². The molecule has 0 saturated carbocycles. The lowest BCUT2D eigenvalue weighted by Crippen LogP contribution is -2.22. The van der Waals surface area contributed by atoms with E-state index in [-0.39, 0.29) is 6.04 Å². The second-order valence-electron chi connectivity index (χ2n) is 7.08. The van der Waals surface area contributed by atoms with Crippen LogP contribution < -0.4 is 4.72 Å². The highest BCUT2D eigenvalue weighted by Crippen LogP contribution is 2.22. The zero-order chi connectivity index (χ0) is 19.5. The fourth-order valence-corrected chi connectivity index (χ4v) is 4.05. The van der Waals surface area contributed by atoms with Crippen LogP contribution in [0.25, 0.3) is 0 Å². The molecule has 2 atom stereocenters. The van der Waals surface area contributed by atoms with Gasteiger partial charge in [0.15, 0.2) is 0 Å². The average Bonchev–Trinajstić information content (AvgIpc) is 2.70. The van der Waals surface area contributed by atoms with Gasteiger partial charge >= 0.3 is 0 Å². The van der Waals surface area contributed by atoms with Gasteiger partial charge in [0.2, 0.25) is 0 Å². The smallest absolute Gasteiger partial charge is 0.125 e. The molecule has 0 aliphatic heterocycles. The van der Waals surface area contributed by atoms with Crippen LogP contribution >= 0.6 is 0 Å². The van der Waals surface area contributed by atoms with Crippen molar-refractivity contribution in [3.63, 3.8) is 0 Å². The summed E-state index contributed by atoms with van der Waals surface area (Å²) in [7, 11) is -1.24. The van der Waals surface area contributed by atoms with Crippen molar-refractivity contribution in [1.29, 1.82) is 0 Å². The summed E-state index contributed by atoms with van der Waals surface area (Å²) < 4.78 is 16.2. The summed E-state index contributed by atoms with van der Waals surface area (Å²) >= 11 is 0. The van der Waals surface area contributed by atoms with Crippen molar-refractivity contribution in [3.05, 3.63) is 77.4 Å². The van der Waals surface area contributed by atoms with Gasteiger partial charge in [0.25, 0.3) is 0 Å². The van der Waals surface area contributed by atoms with Crippen molar-refractivity contribution in [2.75, 3.05) is 0 Å². The summed E-state index contributed by atoms with van der Waals surface area (Å²) in [6.07, 6.45) is 9.52. The van der Waals surface area contributed by atoms with E-state index in [1.807, 2.05) is 49.4 Å². The maximum atomic E-state index is 12.9. The van der Waals surface area contributed by atoms with Gasteiger partial charge < -0.3 is 0 Å². The minimum Gasteiger partial charge on any atom is -0.237 e. The molecule has 2 aromatic carbocycles. The van der Waals surface area contributed by atoms with Gasteiger partial charge in [-0.25, -0.2) is 8.93 Å². The van der Waals surface area contributed by atoms with Crippen molar-refractivity contribution in [2.45, 2.75) is 70.2 Å². The van der Waals surface area contributed by atoms with Crippen LogP contribution in [0.15, 0.2) is 71.1 Å². The molecule has 2 rings (SSSR count). The Kier molecular flexibility index (Phi) is 9.51. The molecular weight excluding hydrogens is 350 g/mol. The predicted octanol–water partition coefficient (Wildman–Crippen LogP) is 6.66. The third-order valence-corrected chi connectivity index (χ3v) is 6.00. The molecule has 1 N–H and O–H groups in total. The van der Waals surface area contributed by atoms with Gasteiger partial charge in [-0.3, -0.25) is 0 Å². The van der Waals surface area contributed by atoms with E-state index in [2.05, 4.69) is 36.8 Å². The highest BCUT2D eigenvalue weighted by atomic mass is 32.2. The summed E-state index contributed by atoms with van der Waals surface area (Å²) in [5, 5.41) is 0. The number of nitrogens with one attached hydrogen (secondary N) is 1. The number of rotatable bonds is 11. The van der Waals surface area contributed by atoms with E-state index in [4.69, 9.17) is 0 Å². The fraction of sp³-hybridized carbons (Fsp3) is 0.417. The molecule has 2 nitrogen and oxygen atoms in total. The Morgan fingerprint density at radius 1 is 1.00 bits per heavy atom. The van der Waals surface area contributed by atoms with Crippen LogP contribution in [0.4, 0.5) is 0 Å². The van der Waals surface area contributed by atoms with Crippen molar-refractivity contribution in [3.8, 4) is 0 Å². The van der Waals surface area contributed by atoms with E-state index in [1.54, 1.807) is 0 Å². The first-order chi connectivity index (χ1) is 13.1. The Labute approximate surface area is 167 Å². The van der Waals surface area contributed by atoms with Crippen LogP contribution in [0.1, 0.15) is 69.5 Å². The van der Waals surface area contributed by atoms with Gasteiger partial charge in [-0.1, -0.05) is 92.8 Å². The Balaban J connectivity index is 2.16. The van der Waals surface area contributed by atoms with Crippen LogP contribution in [0.3, 0.4) is 0 Å². The lowest BCUT2D eigenvalue weighted by molar-refractivity contribution is 0.648. The molecule has 0 aliphatic rings. The average molecular weight is 384 g/mol. The number of aryl methyl sites for hydroxylation is 1. The number of unbranched alkanes of at least 4 members (excludes halogenated alkanes) is 3. The second kappa shape index (κ2) is 11.9. The lowest BCUT2D eigenvalue weighted by atomic mass is 9.99. The largest absolute Gasteiger partial charge is 0.237 e. The quantitative estimate of drug-likeness (QED) is 0.341. The molecule has 0 aromatic heterocycles. The molecular formula is C24H33NOS. The Hall–Kier alpha value is -1.71. The monoisotopic (exact) mass is 383 g/mol. The predicted molar refractivity (Wildman–Crippen MR) is 117 cm³/mol.